The lowest BCUT2D eigenvalue weighted by molar-refractivity contribution is 0.458. The molecule has 0 saturated carbocycles. The monoisotopic (exact) mass is 288 g/mol. The molecule has 0 saturated heterocycles. The Kier molecular flexibility index (Phi) is 4.05. The van der Waals surface area contributed by atoms with Gasteiger partial charge in [0, 0.05) is 12.3 Å². The molecule has 0 N–H and O–H groups in total. The van der Waals surface area contributed by atoms with Crippen molar-refractivity contribution < 1.29 is 4.74 Å². The summed E-state index contributed by atoms with van der Waals surface area (Å²) in [6, 6.07) is 4.96. The Morgan fingerprint density at radius 3 is 2.65 bits per heavy atom. The lowest BCUT2D eigenvalue weighted by atomic mass is 10.3. The highest BCUT2D eigenvalue weighted by molar-refractivity contribution is 6.42. The van der Waals surface area contributed by atoms with Crippen LogP contribution < -0.4 is 4.74 Å². The summed E-state index contributed by atoms with van der Waals surface area (Å²) < 4.78 is 5.48. The molecule has 0 radical (unpaired) electrons. The maximum absolute atomic E-state index is 5.87. The second kappa shape index (κ2) is 5.54. The van der Waals surface area contributed by atoms with E-state index in [0.717, 1.165) is 0 Å². The molecule has 0 aliphatic rings. The zero-order valence-corrected chi connectivity index (χ0v) is 10.8. The molecule has 0 amide bonds. The number of nitrogens with zero attached hydrogens (tertiary/aromatic N) is 2. The van der Waals surface area contributed by atoms with Gasteiger partial charge in [0.1, 0.15) is 5.75 Å². The van der Waals surface area contributed by atoms with Gasteiger partial charge in [-0.3, -0.25) is 4.98 Å². The molecule has 1 aromatic heterocycles. The number of hydrogen-bond donors (Lipinski definition) is 0. The van der Waals surface area contributed by atoms with Crippen LogP contribution >= 0.6 is 34.8 Å². The molecule has 0 aliphatic heterocycles. The van der Waals surface area contributed by atoms with E-state index in [9.17, 15) is 0 Å². The van der Waals surface area contributed by atoms with E-state index in [2.05, 4.69) is 9.97 Å². The summed E-state index contributed by atoms with van der Waals surface area (Å²) in [4.78, 5) is 8.11. The van der Waals surface area contributed by atoms with Crippen LogP contribution in [-0.4, -0.2) is 9.97 Å². The van der Waals surface area contributed by atoms with Crippen molar-refractivity contribution in [1.29, 1.82) is 0 Å². The van der Waals surface area contributed by atoms with Crippen molar-refractivity contribution in [1.82, 2.24) is 9.97 Å². The Morgan fingerprint density at radius 1 is 1.12 bits per heavy atom. The number of ether oxygens (including phenoxy) is 1. The smallest absolute Gasteiger partial charge is 0.238 e. The highest BCUT2D eigenvalue weighted by Crippen LogP contribution is 2.28. The van der Waals surface area contributed by atoms with E-state index < -0.39 is 0 Å². The normalized spacial score (nSPS) is 10.3. The number of aromatic nitrogens is 2. The van der Waals surface area contributed by atoms with Crippen molar-refractivity contribution in [2.45, 2.75) is 5.88 Å². The largest absolute Gasteiger partial charge is 0.437 e. The molecule has 0 fully saturated rings. The summed E-state index contributed by atoms with van der Waals surface area (Å²) in [7, 11) is 0. The number of hydrogen-bond acceptors (Lipinski definition) is 3. The minimum absolute atomic E-state index is 0.283. The number of halogens is 3. The van der Waals surface area contributed by atoms with Crippen molar-refractivity contribution >= 4 is 34.8 Å². The fourth-order valence-corrected chi connectivity index (χ4v) is 1.58. The molecule has 1 heterocycles. The minimum Gasteiger partial charge on any atom is -0.437 e. The zero-order valence-electron chi connectivity index (χ0n) is 8.53. The van der Waals surface area contributed by atoms with E-state index in [0.29, 0.717) is 27.4 Å². The molecule has 6 heteroatoms. The number of benzene rings is 1. The summed E-state index contributed by atoms with van der Waals surface area (Å²) in [6.07, 6.45) is 3.08. The van der Waals surface area contributed by atoms with E-state index in [1.165, 1.54) is 6.20 Å². The molecule has 2 aromatic rings. The van der Waals surface area contributed by atoms with Crippen LogP contribution in [0.25, 0.3) is 0 Å². The average Bonchev–Trinajstić information content (AvgIpc) is 2.34. The van der Waals surface area contributed by atoms with Crippen molar-refractivity contribution in [3.05, 3.63) is 46.3 Å². The van der Waals surface area contributed by atoms with Gasteiger partial charge in [0.05, 0.1) is 27.8 Å². The quantitative estimate of drug-likeness (QED) is 0.790. The molecule has 0 bridgehead atoms. The molecule has 0 unspecified atom stereocenters. The maximum atomic E-state index is 5.87. The van der Waals surface area contributed by atoms with Crippen LogP contribution in [0.3, 0.4) is 0 Å². The summed E-state index contributed by atoms with van der Waals surface area (Å²) >= 11 is 17.3. The Balaban J connectivity index is 2.22. The van der Waals surface area contributed by atoms with E-state index in [4.69, 9.17) is 39.5 Å². The predicted octanol–water partition coefficient (Wildman–Crippen LogP) is 4.31. The van der Waals surface area contributed by atoms with Gasteiger partial charge in [-0.05, 0) is 12.1 Å². The van der Waals surface area contributed by atoms with Crippen LogP contribution in [0.1, 0.15) is 5.69 Å². The minimum atomic E-state index is 0.283. The Hall–Kier alpha value is -1.03. The van der Waals surface area contributed by atoms with Gasteiger partial charge in [0.25, 0.3) is 0 Å². The Morgan fingerprint density at radius 2 is 1.94 bits per heavy atom. The molecule has 88 valence electrons. The third kappa shape index (κ3) is 3.22. The molecular weight excluding hydrogens is 282 g/mol. The summed E-state index contributed by atoms with van der Waals surface area (Å²) in [5.74, 6) is 1.19. The zero-order chi connectivity index (χ0) is 12.3. The Labute approximate surface area is 113 Å². The first kappa shape index (κ1) is 12.4. The van der Waals surface area contributed by atoms with Gasteiger partial charge in [-0.1, -0.05) is 23.2 Å². The third-order valence-corrected chi connectivity index (χ3v) is 2.93. The summed E-state index contributed by atoms with van der Waals surface area (Å²) in [6.45, 7) is 0. The predicted molar refractivity (Wildman–Crippen MR) is 68.1 cm³/mol. The van der Waals surface area contributed by atoms with Gasteiger partial charge in [-0.25, -0.2) is 4.98 Å². The summed E-state index contributed by atoms with van der Waals surface area (Å²) in [5, 5.41) is 0.894. The highest BCUT2D eigenvalue weighted by atomic mass is 35.5. The molecule has 0 atom stereocenters. The maximum Gasteiger partial charge on any atom is 0.238 e. The van der Waals surface area contributed by atoms with Crippen LogP contribution in [0, 0.1) is 0 Å². The van der Waals surface area contributed by atoms with Gasteiger partial charge in [0.2, 0.25) is 5.88 Å². The second-order valence-electron chi connectivity index (χ2n) is 3.16. The van der Waals surface area contributed by atoms with Gasteiger partial charge in [-0.2, -0.15) is 0 Å². The SMILES string of the molecule is ClCc1cncc(Oc2ccc(Cl)c(Cl)c2)n1. The second-order valence-corrected chi connectivity index (χ2v) is 4.24. The number of rotatable bonds is 3. The molecule has 0 aliphatic carbocycles. The van der Waals surface area contributed by atoms with Gasteiger partial charge in [-0.15, -0.1) is 11.6 Å². The molecule has 3 nitrogen and oxygen atoms in total. The van der Waals surface area contributed by atoms with E-state index in [-0.39, 0.29) is 5.88 Å². The van der Waals surface area contributed by atoms with Crippen LogP contribution in [0.4, 0.5) is 0 Å². The van der Waals surface area contributed by atoms with Crippen LogP contribution in [0.2, 0.25) is 10.0 Å². The topological polar surface area (TPSA) is 35.0 Å². The lowest BCUT2D eigenvalue weighted by Gasteiger charge is -2.05. The average molecular weight is 290 g/mol. The van der Waals surface area contributed by atoms with E-state index in [1.807, 2.05) is 0 Å². The van der Waals surface area contributed by atoms with Crippen molar-refractivity contribution in [2.75, 3.05) is 0 Å². The lowest BCUT2D eigenvalue weighted by Crippen LogP contribution is -1.93. The fraction of sp³-hybridized carbons (Fsp3) is 0.0909. The van der Waals surface area contributed by atoms with Crippen molar-refractivity contribution in [3.63, 3.8) is 0 Å². The highest BCUT2D eigenvalue weighted by Gasteiger charge is 2.04. The van der Waals surface area contributed by atoms with E-state index in [1.54, 1.807) is 24.4 Å². The van der Waals surface area contributed by atoms with E-state index >= 15 is 0 Å². The molecule has 0 spiro atoms. The first-order valence-corrected chi connectivity index (χ1v) is 5.98. The molecule has 17 heavy (non-hydrogen) atoms. The molecule has 2 rings (SSSR count). The van der Waals surface area contributed by atoms with Gasteiger partial charge < -0.3 is 4.74 Å². The van der Waals surface area contributed by atoms with Crippen molar-refractivity contribution in [2.24, 2.45) is 0 Å². The first-order valence-electron chi connectivity index (χ1n) is 4.69. The van der Waals surface area contributed by atoms with Crippen LogP contribution in [0.15, 0.2) is 30.6 Å². The van der Waals surface area contributed by atoms with Crippen molar-refractivity contribution in [3.8, 4) is 11.6 Å². The Bertz CT molecular complexity index is 534. The van der Waals surface area contributed by atoms with Crippen LogP contribution in [0.5, 0.6) is 11.6 Å². The third-order valence-electron chi connectivity index (χ3n) is 1.91. The first-order chi connectivity index (χ1) is 8.19. The summed E-state index contributed by atoms with van der Waals surface area (Å²) in [5.41, 5.74) is 0.643. The van der Waals surface area contributed by atoms with Crippen LogP contribution in [-0.2, 0) is 5.88 Å². The fourth-order valence-electron chi connectivity index (χ4n) is 1.16. The standard InChI is InChI=1S/C11H7Cl3N2O/c12-4-7-5-15-6-11(16-7)17-8-1-2-9(13)10(14)3-8/h1-3,5-6H,4H2. The molecule has 1 aromatic carbocycles. The van der Waals surface area contributed by atoms with Gasteiger partial charge in [0.15, 0.2) is 0 Å². The van der Waals surface area contributed by atoms with Gasteiger partial charge >= 0.3 is 0 Å². The molecular formula is C11H7Cl3N2O. The number of alkyl halides is 1.